The number of hydrogen-bond donors (Lipinski definition) is 1. The molecule has 2 unspecified atom stereocenters. The first-order valence-corrected chi connectivity index (χ1v) is 4.51. The Bertz CT molecular complexity index is 153. The predicted octanol–water partition coefficient (Wildman–Crippen LogP) is 0.688. The van der Waals surface area contributed by atoms with Gasteiger partial charge in [0.05, 0.1) is 6.54 Å². The minimum Gasteiger partial charge on any atom is -0.311 e. The van der Waals surface area contributed by atoms with Crippen molar-refractivity contribution in [2.45, 2.75) is 31.4 Å². The molecular formula is C8H14F2N2. The highest BCUT2D eigenvalue weighted by Gasteiger charge is 2.34. The number of halogens is 2. The van der Waals surface area contributed by atoms with E-state index in [-0.39, 0.29) is 6.54 Å². The van der Waals surface area contributed by atoms with Gasteiger partial charge in [-0.1, -0.05) is 0 Å². The van der Waals surface area contributed by atoms with E-state index in [1.165, 1.54) is 0 Å². The first-order valence-electron chi connectivity index (χ1n) is 4.51. The van der Waals surface area contributed by atoms with Crippen molar-refractivity contribution in [3.05, 3.63) is 0 Å². The summed E-state index contributed by atoms with van der Waals surface area (Å²) in [5.74, 6) is 0. The van der Waals surface area contributed by atoms with Crippen LogP contribution in [0.3, 0.4) is 0 Å². The third-order valence-electron chi connectivity index (χ3n) is 2.83. The van der Waals surface area contributed by atoms with Gasteiger partial charge in [-0.25, -0.2) is 8.78 Å². The Hall–Kier alpha value is -0.220. The van der Waals surface area contributed by atoms with Crippen LogP contribution >= 0.6 is 0 Å². The molecule has 0 aromatic carbocycles. The van der Waals surface area contributed by atoms with Crippen molar-refractivity contribution in [3.63, 3.8) is 0 Å². The summed E-state index contributed by atoms with van der Waals surface area (Å²) in [6.07, 6.45) is 0.0683. The fraction of sp³-hybridized carbons (Fsp3) is 1.00. The summed E-state index contributed by atoms with van der Waals surface area (Å²) < 4.78 is 24.2. The quantitative estimate of drug-likeness (QED) is 0.666. The lowest BCUT2D eigenvalue weighted by atomic mass is 9.93. The number of rotatable bonds is 2. The lowest BCUT2D eigenvalue weighted by molar-refractivity contribution is 0.0166. The van der Waals surface area contributed by atoms with Crippen LogP contribution in [0.25, 0.3) is 0 Å². The largest absolute Gasteiger partial charge is 0.311 e. The molecular weight excluding hydrogens is 162 g/mol. The van der Waals surface area contributed by atoms with E-state index >= 15 is 0 Å². The molecule has 2 atom stereocenters. The minimum atomic E-state index is -2.18. The number of fused-ring (bicyclic) bond motifs is 3. The summed E-state index contributed by atoms with van der Waals surface area (Å²) in [4.78, 5) is 1.93. The first kappa shape index (κ1) is 8.38. The summed E-state index contributed by atoms with van der Waals surface area (Å²) in [6, 6.07) is 0.831. The molecule has 0 spiro atoms. The highest BCUT2D eigenvalue weighted by molar-refractivity contribution is 4.92. The topological polar surface area (TPSA) is 15.3 Å². The van der Waals surface area contributed by atoms with Gasteiger partial charge in [-0.3, -0.25) is 4.90 Å². The summed E-state index contributed by atoms with van der Waals surface area (Å²) in [6.45, 7) is 1.68. The second-order valence-electron chi connectivity index (χ2n) is 3.68. The van der Waals surface area contributed by atoms with Crippen molar-refractivity contribution < 1.29 is 8.78 Å². The molecule has 3 saturated heterocycles. The van der Waals surface area contributed by atoms with E-state index in [2.05, 4.69) is 5.32 Å². The second-order valence-corrected chi connectivity index (χ2v) is 3.68. The molecule has 4 heteroatoms. The van der Waals surface area contributed by atoms with E-state index in [1.54, 1.807) is 0 Å². The van der Waals surface area contributed by atoms with Crippen molar-refractivity contribution in [1.29, 1.82) is 0 Å². The number of piperidine rings is 2. The SMILES string of the molecule is FC(F)CN1CC2CCC1CN2. The highest BCUT2D eigenvalue weighted by Crippen LogP contribution is 2.22. The third kappa shape index (κ3) is 1.59. The van der Waals surface area contributed by atoms with Crippen molar-refractivity contribution >= 4 is 0 Å². The zero-order valence-electron chi connectivity index (χ0n) is 6.97. The van der Waals surface area contributed by atoms with Crippen LogP contribution in [0, 0.1) is 0 Å². The van der Waals surface area contributed by atoms with Crippen molar-refractivity contribution in [3.8, 4) is 0 Å². The molecule has 3 fully saturated rings. The molecule has 3 aliphatic rings. The van der Waals surface area contributed by atoms with Gasteiger partial charge in [0.1, 0.15) is 0 Å². The molecule has 2 bridgehead atoms. The zero-order valence-corrected chi connectivity index (χ0v) is 6.97. The normalized spacial score (nSPS) is 36.2. The van der Waals surface area contributed by atoms with Crippen LogP contribution in [0.4, 0.5) is 8.78 Å². The van der Waals surface area contributed by atoms with E-state index in [0.717, 1.165) is 25.9 Å². The van der Waals surface area contributed by atoms with Crippen LogP contribution in [-0.2, 0) is 0 Å². The van der Waals surface area contributed by atoms with Crippen LogP contribution in [0.2, 0.25) is 0 Å². The second kappa shape index (κ2) is 3.26. The lowest BCUT2D eigenvalue weighted by Crippen LogP contribution is -2.61. The highest BCUT2D eigenvalue weighted by atomic mass is 19.3. The molecule has 0 aromatic heterocycles. The van der Waals surface area contributed by atoms with Crippen LogP contribution < -0.4 is 5.32 Å². The van der Waals surface area contributed by atoms with Crippen molar-refractivity contribution in [1.82, 2.24) is 10.2 Å². The van der Waals surface area contributed by atoms with E-state index < -0.39 is 6.43 Å². The van der Waals surface area contributed by atoms with E-state index in [0.29, 0.717) is 12.1 Å². The molecule has 0 amide bonds. The molecule has 3 rings (SSSR count). The standard InChI is InChI=1S/C8H14F2N2/c9-8(10)5-12-4-6-1-2-7(12)3-11-6/h6-8,11H,1-5H2. The average Bonchev–Trinajstić information content (AvgIpc) is 2.05. The summed E-state index contributed by atoms with van der Waals surface area (Å²) in [5.41, 5.74) is 0. The molecule has 12 heavy (non-hydrogen) atoms. The van der Waals surface area contributed by atoms with Gasteiger partial charge >= 0.3 is 0 Å². The Morgan fingerprint density at radius 2 is 2.25 bits per heavy atom. The summed E-state index contributed by atoms with van der Waals surface area (Å²) in [7, 11) is 0. The zero-order chi connectivity index (χ0) is 8.55. The number of nitrogens with one attached hydrogen (secondary N) is 1. The van der Waals surface area contributed by atoms with Gasteiger partial charge in [-0.05, 0) is 12.8 Å². The predicted molar refractivity (Wildman–Crippen MR) is 42.4 cm³/mol. The van der Waals surface area contributed by atoms with Crippen LogP contribution in [-0.4, -0.2) is 43.0 Å². The molecule has 0 aliphatic carbocycles. The fourth-order valence-electron chi connectivity index (χ4n) is 2.20. The number of nitrogens with zero attached hydrogens (tertiary/aromatic N) is 1. The Morgan fingerprint density at radius 3 is 2.67 bits per heavy atom. The van der Waals surface area contributed by atoms with Gasteiger partial charge in [0, 0.05) is 25.2 Å². The maximum Gasteiger partial charge on any atom is 0.251 e. The Labute approximate surface area is 70.9 Å². The van der Waals surface area contributed by atoms with E-state index in [1.807, 2.05) is 4.90 Å². The summed E-state index contributed by atoms with van der Waals surface area (Å²) >= 11 is 0. The maximum absolute atomic E-state index is 12.1. The first-order chi connectivity index (χ1) is 5.75. The number of alkyl halides is 2. The molecule has 2 nitrogen and oxygen atoms in total. The minimum absolute atomic E-state index is 0.0388. The maximum atomic E-state index is 12.1. The summed E-state index contributed by atoms with van der Waals surface area (Å²) in [5, 5.41) is 3.34. The van der Waals surface area contributed by atoms with Crippen molar-refractivity contribution in [2.24, 2.45) is 0 Å². The van der Waals surface area contributed by atoms with E-state index in [4.69, 9.17) is 0 Å². The molecule has 3 heterocycles. The molecule has 70 valence electrons. The van der Waals surface area contributed by atoms with Crippen LogP contribution in [0.15, 0.2) is 0 Å². The lowest BCUT2D eigenvalue weighted by Gasteiger charge is -2.45. The average molecular weight is 176 g/mol. The smallest absolute Gasteiger partial charge is 0.251 e. The van der Waals surface area contributed by atoms with Crippen LogP contribution in [0.5, 0.6) is 0 Å². The Kier molecular flexibility index (Phi) is 2.28. The van der Waals surface area contributed by atoms with Crippen LogP contribution in [0.1, 0.15) is 12.8 Å². The third-order valence-corrected chi connectivity index (χ3v) is 2.83. The number of hydrogen-bond acceptors (Lipinski definition) is 2. The molecule has 0 aromatic rings. The van der Waals surface area contributed by atoms with Gasteiger partial charge < -0.3 is 5.32 Å². The Morgan fingerprint density at radius 1 is 1.42 bits per heavy atom. The molecule has 0 radical (unpaired) electrons. The monoisotopic (exact) mass is 176 g/mol. The Balaban J connectivity index is 1.91. The van der Waals surface area contributed by atoms with Gasteiger partial charge in [0.2, 0.25) is 0 Å². The number of piperazine rings is 1. The molecule has 0 saturated carbocycles. The molecule has 3 aliphatic heterocycles. The van der Waals surface area contributed by atoms with Gasteiger partial charge in [-0.2, -0.15) is 0 Å². The van der Waals surface area contributed by atoms with Crippen molar-refractivity contribution in [2.75, 3.05) is 19.6 Å². The molecule has 1 N–H and O–H groups in total. The van der Waals surface area contributed by atoms with Gasteiger partial charge in [0.25, 0.3) is 6.43 Å². The van der Waals surface area contributed by atoms with Gasteiger partial charge in [0.15, 0.2) is 0 Å². The fourth-order valence-corrected chi connectivity index (χ4v) is 2.20. The van der Waals surface area contributed by atoms with Gasteiger partial charge in [-0.15, -0.1) is 0 Å². The van der Waals surface area contributed by atoms with E-state index in [9.17, 15) is 8.78 Å².